The number of rotatable bonds is 4. The number of carbonyl (C=O) groups is 2. The third-order valence-corrected chi connectivity index (χ3v) is 4.06. The average Bonchev–Trinajstić information content (AvgIpc) is 3.10. The molecule has 1 N–H and O–H groups in total. The number of likely N-dealkylation sites (tertiary alicyclic amines) is 1. The van der Waals surface area contributed by atoms with Gasteiger partial charge in [-0.2, -0.15) is 0 Å². The highest BCUT2D eigenvalue weighted by Gasteiger charge is 2.35. The molecule has 0 saturated carbocycles. The molecule has 1 saturated heterocycles. The van der Waals surface area contributed by atoms with Crippen molar-refractivity contribution in [3.8, 4) is 11.5 Å². The van der Waals surface area contributed by atoms with Crippen molar-refractivity contribution in [1.82, 2.24) is 10.2 Å². The Morgan fingerprint density at radius 2 is 2.14 bits per heavy atom. The number of carbonyl (C=O) groups excluding carboxylic acids is 2. The molecule has 0 unspecified atom stereocenters. The van der Waals surface area contributed by atoms with Gasteiger partial charge in [0, 0.05) is 25.6 Å². The molecule has 1 aromatic carbocycles. The molecule has 118 valence electrons. The number of amides is 2. The molecule has 0 aliphatic carbocycles. The topological polar surface area (TPSA) is 67.9 Å². The number of nitrogens with one attached hydrogen (secondary N) is 1. The van der Waals surface area contributed by atoms with Crippen molar-refractivity contribution in [3.63, 3.8) is 0 Å². The Morgan fingerprint density at radius 3 is 2.86 bits per heavy atom. The predicted molar refractivity (Wildman–Crippen MR) is 79.4 cm³/mol. The van der Waals surface area contributed by atoms with Gasteiger partial charge in [-0.1, -0.05) is 6.07 Å². The molecule has 22 heavy (non-hydrogen) atoms. The number of nitrogens with zero attached hydrogens (tertiary/aromatic N) is 1. The Bertz CT molecular complexity index is 600. The maximum atomic E-state index is 12.2. The van der Waals surface area contributed by atoms with E-state index >= 15 is 0 Å². The Kier molecular flexibility index (Phi) is 3.92. The minimum Gasteiger partial charge on any atom is -0.454 e. The van der Waals surface area contributed by atoms with Crippen LogP contribution in [0.25, 0.3) is 0 Å². The predicted octanol–water partition coefficient (Wildman–Crippen LogP) is 1.29. The Labute approximate surface area is 129 Å². The molecule has 6 nitrogen and oxygen atoms in total. The summed E-state index contributed by atoms with van der Waals surface area (Å²) in [6, 6.07) is 5.74. The summed E-state index contributed by atoms with van der Waals surface area (Å²) in [5, 5.41) is 2.90. The number of hydrogen-bond acceptors (Lipinski definition) is 4. The van der Waals surface area contributed by atoms with Gasteiger partial charge in [0.2, 0.25) is 18.6 Å². The smallest absolute Gasteiger partial charge is 0.231 e. The number of benzene rings is 1. The monoisotopic (exact) mass is 304 g/mol. The van der Waals surface area contributed by atoms with Crippen molar-refractivity contribution in [2.75, 3.05) is 13.3 Å². The van der Waals surface area contributed by atoms with Crippen molar-refractivity contribution >= 4 is 11.8 Å². The summed E-state index contributed by atoms with van der Waals surface area (Å²) in [5.41, 5.74) is 0.947. The molecule has 0 bridgehead atoms. The SMILES string of the molecule is CC(C)N1C[C@H](C(=O)NCc2ccc3c(c2)OCO3)CC1=O. The van der Waals surface area contributed by atoms with Gasteiger partial charge in [-0.15, -0.1) is 0 Å². The van der Waals surface area contributed by atoms with Gasteiger partial charge < -0.3 is 19.7 Å². The second-order valence-corrected chi connectivity index (χ2v) is 5.95. The van der Waals surface area contributed by atoms with E-state index in [-0.39, 0.29) is 30.6 Å². The number of ether oxygens (including phenoxy) is 2. The summed E-state index contributed by atoms with van der Waals surface area (Å²) in [6.07, 6.45) is 0.297. The van der Waals surface area contributed by atoms with Crippen LogP contribution in [-0.2, 0) is 16.1 Å². The van der Waals surface area contributed by atoms with Crippen molar-refractivity contribution in [3.05, 3.63) is 23.8 Å². The first-order chi connectivity index (χ1) is 10.5. The lowest BCUT2D eigenvalue weighted by atomic mass is 10.1. The highest BCUT2D eigenvalue weighted by atomic mass is 16.7. The van der Waals surface area contributed by atoms with Crippen molar-refractivity contribution in [2.45, 2.75) is 32.9 Å². The van der Waals surface area contributed by atoms with E-state index in [1.54, 1.807) is 4.90 Å². The first-order valence-electron chi connectivity index (χ1n) is 7.50. The van der Waals surface area contributed by atoms with E-state index < -0.39 is 0 Å². The van der Waals surface area contributed by atoms with Gasteiger partial charge in [0.15, 0.2) is 11.5 Å². The van der Waals surface area contributed by atoms with E-state index in [1.807, 2.05) is 32.0 Å². The molecule has 1 atom stereocenters. The molecular formula is C16H20N2O4. The molecule has 1 aromatic rings. The zero-order valence-electron chi connectivity index (χ0n) is 12.8. The van der Waals surface area contributed by atoms with Gasteiger partial charge in [0.05, 0.1) is 5.92 Å². The fourth-order valence-corrected chi connectivity index (χ4v) is 2.79. The molecule has 0 spiro atoms. The van der Waals surface area contributed by atoms with Crippen LogP contribution in [0, 0.1) is 5.92 Å². The van der Waals surface area contributed by atoms with E-state index in [1.165, 1.54) is 0 Å². The number of fused-ring (bicyclic) bond motifs is 1. The molecule has 2 aliphatic rings. The zero-order chi connectivity index (χ0) is 15.7. The second-order valence-electron chi connectivity index (χ2n) is 5.95. The van der Waals surface area contributed by atoms with Gasteiger partial charge in [-0.05, 0) is 31.5 Å². The lowest BCUT2D eigenvalue weighted by molar-refractivity contribution is -0.129. The van der Waals surface area contributed by atoms with Crippen LogP contribution in [0.3, 0.4) is 0 Å². The van der Waals surface area contributed by atoms with E-state index in [4.69, 9.17) is 9.47 Å². The first kappa shape index (κ1) is 14.7. The van der Waals surface area contributed by atoms with Crippen molar-refractivity contribution in [2.24, 2.45) is 5.92 Å². The maximum Gasteiger partial charge on any atom is 0.231 e. The van der Waals surface area contributed by atoms with Crippen LogP contribution in [-0.4, -0.2) is 36.1 Å². The van der Waals surface area contributed by atoms with Crippen molar-refractivity contribution in [1.29, 1.82) is 0 Å². The third-order valence-electron chi connectivity index (χ3n) is 4.06. The highest BCUT2D eigenvalue weighted by molar-refractivity contribution is 5.89. The lowest BCUT2D eigenvalue weighted by Crippen LogP contribution is -2.35. The zero-order valence-corrected chi connectivity index (χ0v) is 12.8. The van der Waals surface area contributed by atoms with Crippen LogP contribution >= 0.6 is 0 Å². The van der Waals surface area contributed by atoms with Crippen LogP contribution in [0.5, 0.6) is 11.5 Å². The van der Waals surface area contributed by atoms with Crippen LogP contribution in [0.15, 0.2) is 18.2 Å². The van der Waals surface area contributed by atoms with Gasteiger partial charge in [-0.25, -0.2) is 0 Å². The molecule has 3 rings (SSSR count). The molecule has 2 heterocycles. The molecule has 0 radical (unpaired) electrons. The highest BCUT2D eigenvalue weighted by Crippen LogP contribution is 2.32. The van der Waals surface area contributed by atoms with Crippen LogP contribution < -0.4 is 14.8 Å². The molecule has 0 aromatic heterocycles. The molecule has 2 aliphatic heterocycles. The van der Waals surface area contributed by atoms with Crippen molar-refractivity contribution < 1.29 is 19.1 Å². The summed E-state index contributed by atoms with van der Waals surface area (Å²) in [7, 11) is 0. The minimum atomic E-state index is -0.260. The Hall–Kier alpha value is -2.24. The number of hydrogen-bond donors (Lipinski definition) is 1. The normalized spacial score (nSPS) is 19.9. The molecule has 2 amide bonds. The van der Waals surface area contributed by atoms with Crippen LogP contribution in [0.1, 0.15) is 25.8 Å². The molecule has 6 heteroatoms. The summed E-state index contributed by atoms with van der Waals surface area (Å²) >= 11 is 0. The van der Waals surface area contributed by atoms with E-state index in [0.29, 0.717) is 25.3 Å². The second kappa shape index (κ2) is 5.87. The average molecular weight is 304 g/mol. The fraction of sp³-hybridized carbons (Fsp3) is 0.500. The fourth-order valence-electron chi connectivity index (χ4n) is 2.79. The van der Waals surface area contributed by atoms with E-state index in [2.05, 4.69) is 5.32 Å². The van der Waals surface area contributed by atoms with E-state index in [0.717, 1.165) is 11.3 Å². The summed E-state index contributed by atoms with van der Waals surface area (Å²) in [6.45, 7) is 5.08. The minimum absolute atomic E-state index is 0.0539. The van der Waals surface area contributed by atoms with Crippen LogP contribution in [0.4, 0.5) is 0 Å². The molecule has 1 fully saturated rings. The summed E-state index contributed by atoms with van der Waals surface area (Å²) in [4.78, 5) is 25.8. The van der Waals surface area contributed by atoms with Gasteiger partial charge in [-0.3, -0.25) is 9.59 Å². The van der Waals surface area contributed by atoms with Gasteiger partial charge in [0.1, 0.15) is 0 Å². The lowest BCUT2D eigenvalue weighted by Gasteiger charge is -2.20. The third kappa shape index (κ3) is 2.86. The Morgan fingerprint density at radius 1 is 1.36 bits per heavy atom. The maximum absolute atomic E-state index is 12.2. The van der Waals surface area contributed by atoms with Gasteiger partial charge in [0.25, 0.3) is 0 Å². The summed E-state index contributed by atoms with van der Waals surface area (Å²) < 4.78 is 10.6. The van der Waals surface area contributed by atoms with E-state index in [9.17, 15) is 9.59 Å². The standard InChI is InChI=1S/C16H20N2O4/c1-10(2)18-8-12(6-15(18)19)16(20)17-7-11-3-4-13-14(5-11)22-9-21-13/h3-5,10,12H,6-9H2,1-2H3,(H,17,20)/t12-/m1/s1. The van der Waals surface area contributed by atoms with Gasteiger partial charge >= 0.3 is 0 Å². The first-order valence-corrected chi connectivity index (χ1v) is 7.50. The summed E-state index contributed by atoms with van der Waals surface area (Å²) in [5.74, 6) is 1.15. The molecular weight excluding hydrogens is 284 g/mol. The quantitative estimate of drug-likeness (QED) is 0.910. The van der Waals surface area contributed by atoms with Crippen LogP contribution in [0.2, 0.25) is 0 Å². The largest absolute Gasteiger partial charge is 0.454 e. The Balaban J connectivity index is 1.56.